The van der Waals surface area contributed by atoms with Gasteiger partial charge in [-0.3, -0.25) is 4.79 Å². The molecule has 0 amide bonds. The molecule has 7 nitrogen and oxygen atoms in total. The van der Waals surface area contributed by atoms with Crippen LogP contribution in [0, 0.1) is 0 Å². The summed E-state index contributed by atoms with van der Waals surface area (Å²) in [5.41, 5.74) is 0.846. The van der Waals surface area contributed by atoms with Crippen molar-refractivity contribution >= 4 is 34.5 Å². The van der Waals surface area contributed by atoms with E-state index in [4.69, 9.17) is 11.6 Å². The van der Waals surface area contributed by atoms with E-state index >= 15 is 0 Å². The van der Waals surface area contributed by atoms with Crippen molar-refractivity contribution in [2.75, 3.05) is 0 Å². The molecule has 3 heterocycles. The fourth-order valence-electron chi connectivity index (χ4n) is 1.35. The fourth-order valence-corrected chi connectivity index (χ4v) is 2.39. The number of hydrogen-bond donors (Lipinski definition) is 2. The Kier molecular flexibility index (Phi) is 2.73. The minimum absolute atomic E-state index is 0.0359. The van der Waals surface area contributed by atoms with Crippen LogP contribution in [0.5, 0.6) is 0 Å². The molecule has 0 aliphatic heterocycles. The van der Waals surface area contributed by atoms with Crippen LogP contribution in [0.15, 0.2) is 33.8 Å². The molecule has 0 aromatic carbocycles. The summed E-state index contributed by atoms with van der Waals surface area (Å²) in [5, 5.41) is 1.03. The molecule has 0 aliphatic carbocycles. The van der Waals surface area contributed by atoms with Gasteiger partial charge in [0.15, 0.2) is 5.65 Å². The highest BCUT2D eigenvalue weighted by molar-refractivity contribution is 7.99. The zero-order chi connectivity index (χ0) is 12.5. The third kappa shape index (κ3) is 1.85. The molecule has 0 atom stereocenters. The lowest BCUT2D eigenvalue weighted by Crippen LogP contribution is -2.07. The Bertz CT molecular complexity index is 769. The van der Waals surface area contributed by atoms with Crippen molar-refractivity contribution in [2.24, 2.45) is 0 Å². The molecule has 9 heteroatoms. The number of H-pyrrole nitrogens is 2. The second-order valence-electron chi connectivity index (χ2n) is 3.23. The van der Waals surface area contributed by atoms with E-state index in [1.807, 2.05) is 0 Å². The zero-order valence-corrected chi connectivity index (χ0v) is 10.3. The maximum atomic E-state index is 11.3. The summed E-state index contributed by atoms with van der Waals surface area (Å²) in [4.78, 5) is 32.8. The lowest BCUT2D eigenvalue weighted by Gasteiger charge is -2.01. The molecule has 3 aromatic rings. The van der Waals surface area contributed by atoms with Gasteiger partial charge in [0, 0.05) is 0 Å². The first-order chi connectivity index (χ1) is 8.75. The van der Waals surface area contributed by atoms with E-state index in [-0.39, 0.29) is 10.6 Å². The molecule has 3 rings (SSSR count). The Morgan fingerprint density at radius 2 is 1.89 bits per heavy atom. The van der Waals surface area contributed by atoms with Gasteiger partial charge in [-0.25, -0.2) is 19.9 Å². The lowest BCUT2D eigenvalue weighted by atomic mass is 10.6. The van der Waals surface area contributed by atoms with Gasteiger partial charge in [0.25, 0.3) is 5.56 Å². The van der Waals surface area contributed by atoms with E-state index < -0.39 is 0 Å². The van der Waals surface area contributed by atoms with Crippen molar-refractivity contribution in [3.63, 3.8) is 0 Å². The molecule has 0 radical (unpaired) electrons. The first-order valence-corrected chi connectivity index (χ1v) is 6.00. The van der Waals surface area contributed by atoms with E-state index in [9.17, 15) is 4.79 Å². The van der Waals surface area contributed by atoms with Crippen molar-refractivity contribution in [3.8, 4) is 0 Å². The van der Waals surface area contributed by atoms with Crippen LogP contribution in [0.2, 0.25) is 5.02 Å². The topological polar surface area (TPSA) is 100 Å². The Morgan fingerprint density at radius 3 is 2.78 bits per heavy atom. The standard InChI is InChI=1S/C9H5ClN6OS/c10-4-7(17)14-3-15-8(4)18-9-5-6(12-1-11-5)13-2-16-9/h1-3H,(H,14,15,17)(H,11,12,13,16). The van der Waals surface area contributed by atoms with Crippen molar-refractivity contribution in [2.45, 2.75) is 10.1 Å². The summed E-state index contributed by atoms with van der Waals surface area (Å²) in [6.07, 6.45) is 4.21. The smallest absolute Gasteiger partial charge is 0.270 e. The number of hydrogen-bond acceptors (Lipinski definition) is 6. The van der Waals surface area contributed by atoms with E-state index in [2.05, 4.69) is 29.9 Å². The van der Waals surface area contributed by atoms with Crippen LogP contribution in [0.1, 0.15) is 0 Å². The maximum absolute atomic E-state index is 11.3. The van der Waals surface area contributed by atoms with Crippen LogP contribution in [0.4, 0.5) is 0 Å². The number of rotatable bonds is 2. The average Bonchev–Trinajstić information content (AvgIpc) is 2.84. The molecule has 0 saturated carbocycles. The Hall–Kier alpha value is -1.93. The van der Waals surface area contributed by atoms with E-state index in [1.165, 1.54) is 30.7 Å². The predicted molar refractivity (Wildman–Crippen MR) is 65.7 cm³/mol. The molecule has 0 saturated heterocycles. The Labute approximate surface area is 109 Å². The van der Waals surface area contributed by atoms with Crippen molar-refractivity contribution < 1.29 is 0 Å². The van der Waals surface area contributed by atoms with Gasteiger partial charge in [-0.15, -0.1) is 0 Å². The highest BCUT2D eigenvalue weighted by atomic mass is 35.5. The predicted octanol–water partition coefficient (Wildman–Crippen LogP) is 1.24. The van der Waals surface area contributed by atoms with E-state index in [0.717, 1.165) is 0 Å². The van der Waals surface area contributed by atoms with Gasteiger partial charge in [0.1, 0.15) is 26.9 Å². The van der Waals surface area contributed by atoms with Crippen LogP contribution in [-0.2, 0) is 0 Å². The van der Waals surface area contributed by atoms with Gasteiger partial charge in [-0.05, 0) is 11.8 Å². The summed E-state index contributed by atoms with van der Waals surface area (Å²) in [5.74, 6) is 0. The molecule has 0 spiro atoms. The molecule has 0 fully saturated rings. The minimum atomic E-state index is -0.385. The minimum Gasteiger partial charge on any atom is -0.341 e. The van der Waals surface area contributed by atoms with Gasteiger partial charge in [-0.1, -0.05) is 11.6 Å². The average molecular weight is 281 g/mol. The van der Waals surface area contributed by atoms with Crippen molar-refractivity contribution in [3.05, 3.63) is 34.4 Å². The summed E-state index contributed by atoms with van der Waals surface area (Å²) in [6, 6.07) is 0. The quantitative estimate of drug-likeness (QED) is 0.685. The number of fused-ring (bicyclic) bond motifs is 1. The summed E-state index contributed by atoms with van der Waals surface area (Å²) < 4.78 is 0. The van der Waals surface area contributed by atoms with Crippen molar-refractivity contribution in [1.82, 2.24) is 29.9 Å². The lowest BCUT2D eigenvalue weighted by molar-refractivity contribution is 1.01. The van der Waals surface area contributed by atoms with Crippen LogP contribution in [0.3, 0.4) is 0 Å². The molecular weight excluding hydrogens is 276 g/mol. The molecule has 0 unspecified atom stereocenters. The zero-order valence-electron chi connectivity index (χ0n) is 8.72. The summed E-state index contributed by atoms with van der Waals surface area (Å²) in [7, 11) is 0. The third-order valence-electron chi connectivity index (χ3n) is 2.15. The highest BCUT2D eigenvalue weighted by Crippen LogP contribution is 2.30. The first kappa shape index (κ1) is 11.2. The van der Waals surface area contributed by atoms with Crippen LogP contribution in [0.25, 0.3) is 11.2 Å². The second kappa shape index (κ2) is 4.39. The summed E-state index contributed by atoms with van der Waals surface area (Å²) >= 11 is 7.05. The molecule has 18 heavy (non-hydrogen) atoms. The third-order valence-corrected chi connectivity index (χ3v) is 3.61. The number of imidazole rings is 1. The Morgan fingerprint density at radius 1 is 1.06 bits per heavy atom. The molecular formula is C9H5ClN6OS. The first-order valence-electron chi connectivity index (χ1n) is 4.81. The molecule has 90 valence electrons. The molecule has 0 bridgehead atoms. The fraction of sp³-hybridized carbons (Fsp3) is 0. The van der Waals surface area contributed by atoms with Gasteiger partial charge >= 0.3 is 0 Å². The van der Waals surface area contributed by atoms with E-state index in [0.29, 0.717) is 21.2 Å². The van der Waals surface area contributed by atoms with Crippen LogP contribution >= 0.6 is 23.4 Å². The molecule has 0 aliphatic rings. The monoisotopic (exact) mass is 280 g/mol. The van der Waals surface area contributed by atoms with Gasteiger partial charge in [0.2, 0.25) is 0 Å². The number of aromatic amines is 2. The Balaban J connectivity index is 2.09. The van der Waals surface area contributed by atoms with Gasteiger partial charge in [0.05, 0.1) is 12.7 Å². The van der Waals surface area contributed by atoms with E-state index in [1.54, 1.807) is 0 Å². The second-order valence-corrected chi connectivity index (χ2v) is 4.59. The largest absolute Gasteiger partial charge is 0.341 e. The van der Waals surface area contributed by atoms with Gasteiger partial charge < -0.3 is 9.97 Å². The highest BCUT2D eigenvalue weighted by Gasteiger charge is 2.12. The number of nitrogens with one attached hydrogen (secondary N) is 2. The van der Waals surface area contributed by atoms with Crippen LogP contribution < -0.4 is 5.56 Å². The van der Waals surface area contributed by atoms with Crippen molar-refractivity contribution in [1.29, 1.82) is 0 Å². The van der Waals surface area contributed by atoms with Crippen LogP contribution in [-0.4, -0.2) is 29.9 Å². The number of nitrogens with zero attached hydrogens (tertiary/aromatic N) is 4. The maximum Gasteiger partial charge on any atom is 0.270 e. The molecule has 3 aromatic heterocycles. The number of halogens is 1. The SMILES string of the molecule is O=c1[nH]cnc(Sc2ncnc3nc[nH]c23)c1Cl. The molecule has 2 N–H and O–H groups in total. The number of aromatic nitrogens is 6. The van der Waals surface area contributed by atoms with Gasteiger partial charge in [-0.2, -0.15) is 0 Å². The summed E-state index contributed by atoms with van der Waals surface area (Å²) in [6.45, 7) is 0. The normalized spacial score (nSPS) is 10.9.